The summed E-state index contributed by atoms with van der Waals surface area (Å²) in [6, 6.07) is 25.7. The van der Waals surface area contributed by atoms with Crippen LogP contribution in [0.4, 0.5) is 0 Å². The number of hydrazone groups is 1. The van der Waals surface area contributed by atoms with Gasteiger partial charge in [-0.05, 0) is 71.9 Å². The summed E-state index contributed by atoms with van der Waals surface area (Å²) < 4.78 is 3.78. The summed E-state index contributed by atoms with van der Waals surface area (Å²) in [6.07, 6.45) is 2.51. The van der Waals surface area contributed by atoms with Crippen LogP contribution >= 0.6 is 34.4 Å². The molecule has 9 nitrogen and oxygen atoms in total. The van der Waals surface area contributed by atoms with Gasteiger partial charge in [-0.3, -0.25) is 4.79 Å². The molecule has 2 aromatic carbocycles. The van der Waals surface area contributed by atoms with E-state index in [4.69, 9.17) is 10.2 Å². The third kappa shape index (κ3) is 4.54. The summed E-state index contributed by atoms with van der Waals surface area (Å²) >= 11 is 4.59. The topological polar surface area (TPSA) is 93.6 Å². The Balaban J connectivity index is 1.30. The smallest absolute Gasteiger partial charge is 0.266 e. The third-order valence-corrected chi connectivity index (χ3v) is 10.0. The van der Waals surface area contributed by atoms with Crippen molar-refractivity contribution >= 4 is 68.3 Å². The molecule has 0 fully saturated rings. The number of hydrogen-bond acceptors (Lipinski definition) is 9. The molecule has 1 atom stereocenters. The molecule has 0 bridgehead atoms. The van der Waals surface area contributed by atoms with E-state index >= 15 is 0 Å². The minimum Gasteiger partial charge on any atom is -0.266 e. The Morgan fingerprint density at radius 1 is 0.907 bits per heavy atom. The molecule has 0 radical (unpaired) electrons. The van der Waals surface area contributed by atoms with Gasteiger partial charge in [-0.15, -0.1) is 27.8 Å². The second-order valence-electron chi connectivity index (χ2n) is 9.97. The average molecular weight is 619 g/mol. The van der Waals surface area contributed by atoms with E-state index in [0.29, 0.717) is 16.5 Å². The second kappa shape index (κ2) is 10.6. The van der Waals surface area contributed by atoms with E-state index in [1.54, 1.807) is 22.7 Å². The first-order valence-corrected chi connectivity index (χ1v) is 16.1. The molecule has 1 amide bonds. The van der Waals surface area contributed by atoms with Gasteiger partial charge in [0.2, 0.25) is 0 Å². The molecule has 0 saturated carbocycles. The highest BCUT2D eigenvalue weighted by atomic mass is 32.2. The van der Waals surface area contributed by atoms with Crippen molar-refractivity contribution in [2.24, 2.45) is 10.1 Å². The number of para-hydroxylation sites is 2. The molecule has 4 aromatic heterocycles. The van der Waals surface area contributed by atoms with Crippen molar-refractivity contribution in [2.75, 3.05) is 0 Å². The highest BCUT2D eigenvalue weighted by molar-refractivity contribution is 8.18. The zero-order valence-corrected chi connectivity index (χ0v) is 25.2. The first-order chi connectivity index (χ1) is 21.1. The molecule has 0 spiro atoms. The minimum absolute atomic E-state index is 0.258. The summed E-state index contributed by atoms with van der Waals surface area (Å²) in [5, 5.41) is 25.7. The Labute approximate surface area is 258 Å². The van der Waals surface area contributed by atoms with Crippen molar-refractivity contribution in [2.45, 2.75) is 19.4 Å². The molecule has 2 aliphatic rings. The number of carbonyl (C=O) groups excluding carboxylic acids is 1. The number of fused-ring (bicyclic) bond motifs is 1. The number of benzene rings is 2. The van der Waals surface area contributed by atoms with Crippen LogP contribution in [0.15, 0.2) is 105 Å². The fraction of sp³-hybridized carbons (Fsp3) is 0.0968. The Morgan fingerprint density at radius 2 is 1.72 bits per heavy atom. The molecule has 210 valence electrons. The van der Waals surface area contributed by atoms with E-state index in [1.807, 2.05) is 106 Å². The minimum atomic E-state index is -0.285. The van der Waals surface area contributed by atoms with E-state index in [9.17, 15) is 4.79 Å². The van der Waals surface area contributed by atoms with Crippen LogP contribution in [0.25, 0.3) is 28.6 Å². The summed E-state index contributed by atoms with van der Waals surface area (Å²) in [5.74, 6) is 0.519. The number of amidine groups is 1. The Hall–Kier alpha value is -4.65. The number of carbonyl (C=O) groups is 1. The standard InChI is InChI=1S/C31H22N8OS3/c1-19-28(30(37(34-19)20-9-3-2-4-10-20)38-24-13-6-5-12-22(24)33-36-38)25-18-23(26-14-8-16-42-26)35-39(25)31-32-29(40)27(43-31)17-21-11-7-15-41-21/h2-17,25H,18H2,1H3/b27-17-. The lowest BCUT2D eigenvalue weighted by atomic mass is 10.0. The molecule has 6 aromatic rings. The van der Waals surface area contributed by atoms with Crippen molar-refractivity contribution in [1.29, 1.82) is 0 Å². The maximum atomic E-state index is 13.1. The average Bonchev–Trinajstić information content (AvgIpc) is 3.87. The Morgan fingerprint density at radius 3 is 2.53 bits per heavy atom. The summed E-state index contributed by atoms with van der Waals surface area (Å²) in [7, 11) is 0. The number of aryl methyl sites for hydroxylation is 1. The van der Waals surface area contributed by atoms with E-state index in [0.717, 1.165) is 49.3 Å². The highest BCUT2D eigenvalue weighted by Gasteiger charge is 2.40. The van der Waals surface area contributed by atoms with Crippen LogP contribution in [-0.2, 0) is 4.79 Å². The molecule has 8 rings (SSSR count). The van der Waals surface area contributed by atoms with Crippen molar-refractivity contribution in [3.63, 3.8) is 0 Å². The monoisotopic (exact) mass is 618 g/mol. The van der Waals surface area contributed by atoms with Crippen LogP contribution in [-0.4, -0.2) is 46.6 Å². The van der Waals surface area contributed by atoms with Gasteiger partial charge in [-0.1, -0.05) is 47.7 Å². The van der Waals surface area contributed by atoms with Crippen LogP contribution < -0.4 is 0 Å². The molecular weight excluding hydrogens is 597 g/mol. The lowest BCUT2D eigenvalue weighted by Crippen LogP contribution is -2.25. The summed E-state index contributed by atoms with van der Waals surface area (Å²) in [6.45, 7) is 2.01. The van der Waals surface area contributed by atoms with E-state index in [2.05, 4.69) is 26.8 Å². The van der Waals surface area contributed by atoms with Crippen LogP contribution in [0.2, 0.25) is 0 Å². The van der Waals surface area contributed by atoms with E-state index in [1.165, 1.54) is 11.8 Å². The number of thioether (sulfide) groups is 1. The number of hydrogen-bond donors (Lipinski definition) is 0. The molecule has 43 heavy (non-hydrogen) atoms. The maximum Gasteiger partial charge on any atom is 0.286 e. The number of aliphatic imine (C=N–C) groups is 1. The van der Waals surface area contributed by atoms with Gasteiger partial charge >= 0.3 is 0 Å². The van der Waals surface area contributed by atoms with Crippen LogP contribution in [0, 0.1) is 6.92 Å². The summed E-state index contributed by atoms with van der Waals surface area (Å²) in [4.78, 5) is 20.3. The predicted molar refractivity (Wildman–Crippen MR) is 173 cm³/mol. The lowest BCUT2D eigenvalue weighted by Gasteiger charge is -2.23. The van der Waals surface area contributed by atoms with Gasteiger partial charge in [0.25, 0.3) is 5.91 Å². The second-order valence-corrected chi connectivity index (χ2v) is 12.9. The Bertz CT molecular complexity index is 2070. The molecule has 0 N–H and O–H groups in total. The number of thiophene rings is 2. The zero-order valence-electron chi connectivity index (χ0n) is 22.7. The van der Waals surface area contributed by atoms with Crippen LogP contribution in [0.1, 0.15) is 33.5 Å². The molecule has 6 heterocycles. The highest BCUT2D eigenvalue weighted by Crippen LogP contribution is 2.43. The van der Waals surface area contributed by atoms with Crippen molar-refractivity contribution in [1.82, 2.24) is 29.8 Å². The SMILES string of the molecule is Cc1nn(-c2ccccc2)c(-n2nnc3ccccc32)c1C1CC(c2cccs2)=NN1C1=NC(=O)/C(=C/c2cccs2)S1. The fourth-order valence-corrected chi connectivity index (χ4v) is 7.76. The zero-order chi connectivity index (χ0) is 28.9. The van der Waals surface area contributed by atoms with Gasteiger partial charge in [-0.2, -0.15) is 19.9 Å². The normalized spacial score (nSPS) is 17.8. The van der Waals surface area contributed by atoms with Crippen molar-refractivity contribution < 1.29 is 4.79 Å². The molecule has 12 heteroatoms. The van der Waals surface area contributed by atoms with Gasteiger partial charge in [-0.25, -0.2) is 9.69 Å². The molecular formula is C31H22N8OS3. The molecule has 0 saturated heterocycles. The van der Waals surface area contributed by atoms with Crippen LogP contribution in [0.3, 0.4) is 0 Å². The van der Waals surface area contributed by atoms with E-state index in [-0.39, 0.29) is 11.9 Å². The molecule has 2 aliphatic heterocycles. The fourth-order valence-electron chi connectivity index (χ4n) is 5.40. The van der Waals surface area contributed by atoms with Crippen molar-refractivity contribution in [3.8, 4) is 11.5 Å². The van der Waals surface area contributed by atoms with Gasteiger partial charge in [0.15, 0.2) is 11.0 Å². The number of amides is 1. The van der Waals surface area contributed by atoms with Crippen molar-refractivity contribution in [3.05, 3.63) is 116 Å². The van der Waals surface area contributed by atoms with Gasteiger partial charge in [0, 0.05) is 16.9 Å². The Kier molecular flexibility index (Phi) is 6.39. The molecule has 1 unspecified atom stereocenters. The maximum absolute atomic E-state index is 13.1. The van der Waals surface area contributed by atoms with Gasteiger partial charge < -0.3 is 0 Å². The largest absolute Gasteiger partial charge is 0.286 e. The van der Waals surface area contributed by atoms with E-state index < -0.39 is 0 Å². The number of rotatable bonds is 5. The third-order valence-electron chi connectivity index (χ3n) is 7.31. The quantitative estimate of drug-likeness (QED) is 0.196. The molecule has 0 aliphatic carbocycles. The first-order valence-electron chi connectivity index (χ1n) is 13.6. The number of nitrogens with zero attached hydrogens (tertiary/aromatic N) is 8. The summed E-state index contributed by atoms with van der Waals surface area (Å²) in [5.41, 5.74) is 5.28. The van der Waals surface area contributed by atoms with Gasteiger partial charge in [0.1, 0.15) is 5.52 Å². The van der Waals surface area contributed by atoms with Crippen LogP contribution in [0.5, 0.6) is 0 Å². The lowest BCUT2D eigenvalue weighted by molar-refractivity contribution is -0.113. The number of aromatic nitrogens is 5. The predicted octanol–water partition coefficient (Wildman–Crippen LogP) is 6.86. The van der Waals surface area contributed by atoms with Gasteiger partial charge in [0.05, 0.1) is 38.4 Å². The first kappa shape index (κ1) is 26.0.